The Morgan fingerprint density at radius 1 is 0.765 bits per heavy atom. The van der Waals surface area contributed by atoms with Crippen molar-refractivity contribution >= 4 is 24.2 Å². The summed E-state index contributed by atoms with van der Waals surface area (Å²) in [4.78, 5) is 49.7. The molecular formula is C26H41N3O5. The first-order valence-corrected chi connectivity index (χ1v) is 12.0. The maximum absolute atomic E-state index is 13.1. The lowest BCUT2D eigenvalue weighted by atomic mass is 9.99. The molecule has 1 aromatic rings. The highest BCUT2D eigenvalue weighted by atomic mass is 16.5. The molecule has 190 valence electrons. The van der Waals surface area contributed by atoms with E-state index in [0.717, 1.165) is 11.8 Å². The van der Waals surface area contributed by atoms with Crippen molar-refractivity contribution in [1.29, 1.82) is 0 Å². The van der Waals surface area contributed by atoms with Gasteiger partial charge >= 0.3 is 6.09 Å². The molecule has 2 unspecified atom stereocenters. The standard InChI is InChI=1S/C26H41N3O5/c1-17(2)12-21(15-30)27-24(31)22(13-18(3)4)28-25(32)23(14-19(5)6)29-26(33)34-16-20-10-8-7-9-11-20/h7-11,15,17-19,21-23H,12-14,16H2,1-6H3,(H,27,31)(H,28,32)(H,29,33)/t21-,22?,23?/m0/s1. The average molecular weight is 476 g/mol. The van der Waals surface area contributed by atoms with E-state index in [1.54, 1.807) is 0 Å². The minimum atomic E-state index is -0.858. The summed E-state index contributed by atoms with van der Waals surface area (Å²) < 4.78 is 5.26. The topological polar surface area (TPSA) is 114 Å². The first-order valence-electron chi connectivity index (χ1n) is 12.0. The van der Waals surface area contributed by atoms with E-state index >= 15 is 0 Å². The number of alkyl carbamates (subject to hydrolysis) is 1. The van der Waals surface area contributed by atoms with E-state index in [2.05, 4.69) is 16.0 Å². The number of hydrogen-bond donors (Lipinski definition) is 3. The van der Waals surface area contributed by atoms with Gasteiger partial charge in [0.15, 0.2) is 0 Å². The third kappa shape index (κ3) is 11.8. The Morgan fingerprint density at radius 2 is 1.26 bits per heavy atom. The van der Waals surface area contributed by atoms with E-state index in [0.29, 0.717) is 19.3 Å². The molecule has 0 aromatic heterocycles. The Balaban J connectivity index is 2.84. The molecule has 1 rings (SSSR count). The quantitative estimate of drug-likeness (QED) is 0.356. The number of amides is 3. The van der Waals surface area contributed by atoms with Crippen LogP contribution in [-0.2, 0) is 25.7 Å². The maximum Gasteiger partial charge on any atom is 0.408 e. The maximum atomic E-state index is 13.1. The van der Waals surface area contributed by atoms with Crippen molar-refractivity contribution in [2.45, 2.75) is 85.5 Å². The largest absolute Gasteiger partial charge is 0.445 e. The fourth-order valence-electron chi connectivity index (χ4n) is 3.52. The molecule has 3 amide bonds. The molecule has 0 spiro atoms. The molecule has 0 saturated heterocycles. The third-order valence-corrected chi connectivity index (χ3v) is 5.09. The van der Waals surface area contributed by atoms with E-state index in [9.17, 15) is 19.2 Å². The summed E-state index contributed by atoms with van der Waals surface area (Å²) in [6, 6.07) is 6.96. The average Bonchev–Trinajstić information content (AvgIpc) is 2.76. The zero-order valence-electron chi connectivity index (χ0n) is 21.3. The molecule has 0 saturated carbocycles. The highest BCUT2D eigenvalue weighted by molar-refractivity contribution is 5.92. The Labute approximate surface area is 203 Å². The Bertz CT molecular complexity index is 780. The molecule has 0 bridgehead atoms. The lowest BCUT2D eigenvalue weighted by molar-refractivity contribution is -0.131. The van der Waals surface area contributed by atoms with Gasteiger partial charge in [-0.2, -0.15) is 0 Å². The molecule has 3 N–H and O–H groups in total. The number of nitrogens with one attached hydrogen (secondary N) is 3. The van der Waals surface area contributed by atoms with Crippen LogP contribution in [0.25, 0.3) is 0 Å². The van der Waals surface area contributed by atoms with Crippen molar-refractivity contribution in [3.8, 4) is 0 Å². The molecule has 0 fully saturated rings. The van der Waals surface area contributed by atoms with Gasteiger partial charge in [-0.15, -0.1) is 0 Å². The summed E-state index contributed by atoms with van der Waals surface area (Å²) in [7, 11) is 0. The van der Waals surface area contributed by atoms with Gasteiger partial charge < -0.3 is 25.5 Å². The molecule has 0 heterocycles. The number of rotatable bonds is 14. The van der Waals surface area contributed by atoms with Gasteiger partial charge in [0.1, 0.15) is 25.0 Å². The van der Waals surface area contributed by atoms with Crippen LogP contribution in [0.5, 0.6) is 0 Å². The van der Waals surface area contributed by atoms with Crippen molar-refractivity contribution < 1.29 is 23.9 Å². The molecule has 34 heavy (non-hydrogen) atoms. The summed E-state index contributed by atoms with van der Waals surface area (Å²) in [6.07, 6.45) is 1.32. The number of ether oxygens (including phenoxy) is 1. The second-order valence-electron chi connectivity index (χ2n) is 9.96. The van der Waals surface area contributed by atoms with Gasteiger partial charge in [-0.3, -0.25) is 9.59 Å². The van der Waals surface area contributed by atoms with E-state index in [1.165, 1.54) is 0 Å². The molecule has 8 nitrogen and oxygen atoms in total. The monoisotopic (exact) mass is 475 g/mol. The van der Waals surface area contributed by atoms with Crippen LogP contribution in [0.1, 0.15) is 66.4 Å². The van der Waals surface area contributed by atoms with Crippen LogP contribution in [0.2, 0.25) is 0 Å². The minimum absolute atomic E-state index is 0.0873. The highest BCUT2D eigenvalue weighted by Crippen LogP contribution is 2.11. The van der Waals surface area contributed by atoms with Crippen LogP contribution in [0.3, 0.4) is 0 Å². The Morgan fingerprint density at radius 3 is 1.76 bits per heavy atom. The van der Waals surface area contributed by atoms with E-state index < -0.39 is 36.0 Å². The normalized spacial score (nSPS) is 13.8. The predicted molar refractivity (Wildman–Crippen MR) is 132 cm³/mol. The number of carbonyl (C=O) groups excluding carboxylic acids is 4. The van der Waals surface area contributed by atoms with Gasteiger partial charge in [0.05, 0.1) is 6.04 Å². The summed E-state index contributed by atoms with van der Waals surface area (Å²) in [5.74, 6) is -0.390. The molecule has 0 aliphatic carbocycles. The summed E-state index contributed by atoms with van der Waals surface area (Å²) in [5.41, 5.74) is 0.835. The van der Waals surface area contributed by atoms with Crippen molar-refractivity contribution in [1.82, 2.24) is 16.0 Å². The zero-order chi connectivity index (χ0) is 25.7. The van der Waals surface area contributed by atoms with Crippen LogP contribution in [0, 0.1) is 17.8 Å². The summed E-state index contributed by atoms with van der Waals surface area (Å²) >= 11 is 0. The Hall–Kier alpha value is -2.90. The second-order valence-corrected chi connectivity index (χ2v) is 9.96. The number of carbonyl (C=O) groups is 4. The number of hydrogen-bond acceptors (Lipinski definition) is 5. The lowest BCUT2D eigenvalue weighted by Crippen LogP contribution is -2.55. The van der Waals surface area contributed by atoms with Crippen LogP contribution >= 0.6 is 0 Å². The second kappa shape index (κ2) is 15.1. The molecular weight excluding hydrogens is 434 g/mol. The van der Waals surface area contributed by atoms with E-state index in [4.69, 9.17) is 4.74 Å². The number of benzene rings is 1. The zero-order valence-corrected chi connectivity index (χ0v) is 21.3. The first-order chi connectivity index (χ1) is 16.0. The van der Waals surface area contributed by atoms with Crippen molar-refractivity contribution in [3.05, 3.63) is 35.9 Å². The van der Waals surface area contributed by atoms with Crippen LogP contribution in [0.4, 0.5) is 4.79 Å². The van der Waals surface area contributed by atoms with Gasteiger partial charge in [-0.25, -0.2) is 4.79 Å². The lowest BCUT2D eigenvalue weighted by Gasteiger charge is -2.26. The van der Waals surface area contributed by atoms with Crippen LogP contribution < -0.4 is 16.0 Å². The van der Waals surface area contributed by atoms with Gasteiger partial charge in [0, 0.05) is 0 Å². The van der Waals surface area contributed by atoms with Crippen molar-refractivity contribution in [2.24, 2.45) is 17.8 Å². The van der Waals surface area contributed by atoms with Gasteiger partial charge in [0.2, 0.25) is 11.8 Å². The fourth-order valence-corrected chi connectivity index (χ4v) is 3.52. The predicted octanol–water partition coefficient (Wildman–Crippen LogP) is 3.59. The van der Waals surface area contributed by atoms with Gasteiger partial charge in [0.25, 0.3) is 0 Å². The molecule has 8 heteroatoms. The molecule has 0 radical (unpaired) electrons. The smallest absolute Gasteiger partial charge is 0.408 e. The minimum Gasteiger partial charge on any atom is -0.445 e. The van der Waals surface area contributed by atoms with Gasteiger partial charge in [-0.1, -0.05) is 71.9 Å². The molecule has 1 aromatic carbocycles. The molecule has 0 aliphatic rings. The Kier molecular flexibility index (Phi) is 12.9. The summed E-state index contributed by atoms with van der Waals surface area (Å²) in [6.45, 7) is 11.8. The summed E-state index contributed by atoms with van der Waals surface area (Å²) in [5, 5.41) is 8.15. The van der Waals surface area contributed by atoms with Crippen LogP contribution in [-0.4, -0.2) is 42.3 Å². The fraction of sp³-hybridized carbons (Fsp3) is 0.615. The van der Waals surface area contributed by atoms with Gasteiger partial charge in [-0.05, 0) is 42.6 Å². The number of aldehydes is 1. The third-order valence-electron chi connectivity index (χ3n) is 5.09. The first kappa shape index (κ1) is 29.1. The SMILES string of the molecule is CC(C)CC(NC(=O)OCc1ccccc1)C(=O)NC(CC(C)C)C(=O)N[C@H](C=O)CC(C)C. The highest BCUT2D eigenvalue weighted by Gasteiger charge is 2.29. The van der Waals surface area contributed by atoms with Crippen LogP contribution in [0.15, 0.2) is 30.3 Å². The molecule has 3 atom stereocenters. The molecule has 0 aliphatic heterocycles. The van der Waals surface area contributed by atoms with E-state index in [-0.39, 0.29) is 24.4 Å². The van der Waals surface area contributed by atoms with Crippen molar-refractivity contribution in [3.63, 3.8) is 0 Å². The van der Waals surface area contributed by atoms with Crippen molar-refractivity contribution in [2.75, 3.05) is 0 Å². The van der Waals surface area contributed by atoms with E-state index in [1.807, 2.05) is 71.9 Å².